The second-order valence-electron chi connectivity index (χ2n) is 3.05. The first-order chi connectivity index (χ1) is 7.08. The van der Waals surface area contributed by atoms with Crippen molar-refractivity contribution in [2.24, 2.45) is 0 Å². The summed E-state index contributed by atoms with van der Waals surface area (Å²) in [6.45, 7) is 5.11. The Kier molecular flexibility index (Phi) is 7.39. The fourth-order valence-corrected chi connectivity index (χ4v) is 2.42. The molecule has 0 heterocycles. The first kappa shape index (κ1) is 14.4. The smallest absolute Gasteiger partial charge is 0.217 e. The molecule has 0 spiro atoms. The Bertz CT molecular complexity index is 292. The quantitative estimate of drug-likeness (QED) is 0.458. The van der Waals surface area contributed by atoms with Crippen molar-refractivity contribution in [2.45, 2.75) is 20.3 Å². The van der Waals surface area contributed by atoms with Gasteiger partial charge in [0.1, 0.15) is 0 Å². The van der Waals surface area contributed by atoms with Gasteiger partial charge in [0.25, 0.3) is 0 Å². The highest BCUT2D eigenvalue weighted by atomic mass is 32.2. The average molecular weight is 233 g/mol. The summed E-state index contributed by atoms with van der Waals surface area (Å²) in [7, 11) is -3.25. The van der Waals surface area contributed by atoms with Gasteiger partial charge in [-0.2, -0.15) is 4.31 Å². The van der Waals surface area contributed by atoms with Crippen molar-refractivity contribution in [3.63, 3.8) is 0 Å². The van der Waals surface area contributed by atoms with Crippen LogP contribution in [0.15, 0.2) is 0 Å². The predicted octanol–water partition coefficient (Wildman–Crippen LogP) is 0.698. The van der Waals surface area contributed by atoms with E-state index in [0.717, 1.165) is 6.42 Å². The topological polar surface area (TPSA) is 46.6 Å². The van der Waals surface area contributed by atoms with Gasteiger partial charge in [0.15, 0.2) is 0 Å². The highest BCUT2D eigenvalue weighted by Crippen LogP contribution is 2.02. The largest absolute Gasteiger partial charge is 0.381 e. The van der Waals surface area contributed by atoms with E-state index in [1.54, 1.807) is 0 Å². The zero-order chi connectivity index (χ0) is 11.7. The van der Waals surface area contributed by atoms with E-state index in [1.165, 1.54) is 4.31 Å². The fourth-order valence-electron chi connectivity index (χ4n) is 1.11. The van der Waals surface area contributed by atoms with Crippen LogP contribution < -0.4 is 0 Å². The normalized spacial score (nSPS) is 11.6. The Balaban J connectivity index is 4.30. The van der Waals surface area contributed by atoms with Crippen molar-refractivity contribution in [1.29, 1.82) is 0 Å². The van der Waals surface area contributed by atoms with Gasteiger partial charge in [0, 0.05) is 13.2 Å². The second-order valence-corrected chi connectivity index (χ2v) is 5.14. The molecule has 5 heteroatoms. The van der Waals surface area contributed by atoms with Gasteiger partial charge in [-0.15, -0.1) is 6.42 Å². The van der Waals surface area contributed by atoms with Crippen molar-refractivity contribution >= 4 is 10.0 Å². The van der Waals surface area contributed by atoms with Gasteiger partial charge in [0.05, 0.1) is 18.9 Å². The minimum absolute atomic E-state index is 0.00250. The summed E-state index contributed by atoms with van der Waals surface area (Å²) >= 11 is 0. The molecule has 88 valence electrons. The third kappa shape index (κ3) is 5.78. The standard InChI is InChI=1S/C10H19NO3S/c1-4-7-11(8-5-2)15(12,13)10-9-14-6-3/h1H,5-10H2,2-3H3. The Morgan fingerprint density at radius 1 is 1.40 bits per heavy atom. The van der Waals surface area contributed by atoms with Crippen LogP contribution >= 0.6 is 0 Å². The maximum atomic E-state index is 11.7. The summed E-state index contributed by atoms with van der Waals surface area (Å²) in [6.07, 6.45) is 5.88. The Morgan fingerprint density at radius 2 is 2.07 bits per heavy atom. The van der Waals surface area contributed by atoms with Crippen molar-refractivity contribution in [3.8, 4) is 12.3 Å². The Hall–Kier alpha value is -0.570. The molecule has 4 nitrogen and oxygen atoms in total. The minimum atomic E-state index is -3.25. The van der Waals surface area contributed by atoms with Gasteiger partial charge in [-0.05, 0) is 13.3 Å². The molecular weight excluding hydrogens is 214 g/mol. The maximum Gasteiger partial charge on any atom is 0.217 e. The SMILES string of the molecule is C#CCN(CCC)S(=O)(=O)CCOCC. The molecule has 0 radical (unpaired) electrons. The van der Waals surface area contributed by atoms with Crippen molar-refractivity contribution < 1.29 is 13.2 Å². The zero-order valence-electron chi connectivity index (χ0n) is 9.40. The van der Waals surface area contributed by atoms with E-state index >= 15 is 0 Å². The van der Waals surface area contributed by atoms with Gasteiger partial charge < -0.3 is 4.74 Å². The Labute approximate surface area is 92.7 Å². The molecular formula is C10H19NO3S. The van der Waals surface area contributed by atoms with Crippen LogP contribution in [0.25, 0.3) is 0 Å². The third-order valence-corrected chi connectivity index (χ3v) is 3.60. The molecule has 0 saturated carbocycles. The zero-order valence-corrected chi connectivity index (χ0v) is 10.2. The van der Waals surface area contributed by atoms with Crippen LogP contribution in [0.1, 0.15) is 20.3 Å². The number of sulfonamides is 1. The lowest BCUT2D eigenvalue weighted by Gasteiger charge is -2.18. The van der Waals surface area contributed by atoms with Crippen LogP contribution in [0.3, 0.4) is 0 Å². The molecule has 0 aliphatic rings. The molecule has 0 saturated heterocycles. The highest BCUT2D eigenvalue weighted by Gasteiger charge is 2.19. The van der Waals surface area contributed by atoms with Gasteiger partial charge in [-0.1, -0.05) is 12.8 Å². The van der Waals surface area contributed by atoms with Gasteiger partial charge in [0.2, 0.25) is 10.0 Å². The molecule has 0 aliphatic carbocycles. The molecule has 0 aromatic rings. The lowest BCUT2D eigenvalue weighted by Crippen LogP contribution is -2.35. The van der Waals surface area contributed by atoms with E-state index in [0.29, 0.717) is 13.2 Å². The van der Waals surface area contributed by atoms with Crippen molar-refractivity contribution in [1.82, 2.24) is 4.31 Å². The minimum Gasteiger partial charge on any atom is -0.381 e. The number of terminal acetylenes is 1. The Morgan fingerprint density at radius 3 is 2.53 bits per heavy atom. The summed E-state index contributed by atoms with van der Waals surface area (Å²) in [5.74, 6) is 2.36. The van der Waals surface area contributed by atoms with Crippen molar-refractivity contribution in [3.05, 3.63) is 0 Å². The van der Waals surface area contributed by atoms with Crippen LogP contribution in [0.5, 0.6) is 0 Å². The molecule has 0 bridgehead atoms. The molecule has 0 amide bonds. The number of hydrogen-bond acceptors (Lipinski definition) is 3. The fraction of sp³-hybridized carbons (Fsp3) is 0.800. The number of rotatable bonds is 8. The molecule has 0 aromatic heterocycles. The third-order valence-electron chi connectivity index (χ3n) is 1.82. The second kappa shape index (κ2) is 7.69. The van der Waals surface area contributed by atoms with Crippen LogP contribution in [-0.4, -0.2) is 44.8 Å². The molecule has 15 heavy (non-hydrogen) atoms. The summed E-state index contributed by atoms with van der Waals surface area (Å²) in [6, 6.07) is 0. The molecule has 0 aliphatic heterocycles. The molecule has 0 N–H and O–H groups in total. The van der Waals surface area contributed by atoms with E-state index in [-0.39, 0.29) is 18.9 Å². The van der Waals surface area contributed by atoms with E-state index in [1.807, 2.05) is 13.8 Å². The first-order valence-corrected chi connectivity index (χ1v) is 6.68. The van der Waals surface area contributed by atoms with E-state index < -0.39 is 10.0 Å². The predicted molar refractivity (Wildman–Crippen MR) is 61.0 cm³/mol. The van der Waals surface area contributed by atoms with Crippen molar-refractivity contribution in [2.75, 3.05) is 32.1 Å². The molecule has 0 aromatic carbocycles. The average Bonchev–Trinajstić information content (AvgIpc) is 2.18. The summed E-state index contributed by atoms with van der Waals surface area (Å²) < 4.78 is 29.8. The van der Waals surface area contributed by atoms with Gasteiger partial charge in [-0.25, -0.2) is 8.42 Å². The molecule has 0 rings (SSSR count). The molecule has 0 fully saturated rings. The van der Waals surface area contributed by atoms with Crippen LogP contribution in [-0.2, 0) is 14.8 Å². The van der Waals surface area contributed by atoms with Crippen LogP contribution in [0, 0.1) is 12.3 Å². The van der Waals surface area contributed by atoms with Gasteiger partial charge >= 0.3 is 0 Å². The van der Waals surface area contributed by atoms with Gasteiger partial charge in [-0.3, -0.25) is 0 Å². The monoisotopic (exact) mass is 233 g/mol. The summed E-state index contributed by atoms with van der Waals surface area (Å²) in [5.41, 5.74) is 0. The van der Waals surface area contributed by atoms with E-state index in [4.69, 9.17) is 11.2 Å². The number of hydrogen-bond donors (Lipinski definition) is 0. The number of ether oxygens (including phenoxy) is 1. The summed E-state index contributed by atoms with van der Waals surface area (Å²) in [4.78, 5) is 0. The summed E-state index contributed by atoms with van der Waals surface area (Å²) in [5, 5.41) is 0. The van der Waals surface area contributed by atoms with E-state index in [2.05, 4.69) is 5.92 Å². The van der Waals surface area contributed by atoms with Crippen LogP contribution in [0.2, 0.25) is 0 Å². The van der Waals surface area contributed by atoms with Crippen LogP contribution in [0.4, 0.5) is 0 Å². The molecule has 0 unspecified atom stereocenters. The lowest BCUT2D eigenvalue weighted by molar-refractivity contribution is 0.162. The van der Waals surface area contributed by atoms with E-state index in [9.17, 15) is 8.42 Å². The number of nitrogens with zero attached hydrogens (tertiary/aromatic N) is 1. The first-order valence-electron chi connectivity index (χ1n) is 5.07. The maximum absolute atomic E-state index is 11.7. The molecule has 0 atom stereocenters. The lowest BCUT2D eigenvalue weighted by atomic mass is 10.5. The highest BCUT2D eigenvalue weighted by molar-refractivity contribution is 7.89.